The molecule has 2 aromatic carbocycles. The first kappa shape index (κ1) is 22.9. The molecule has 3 aromatic rings. The summed E-state index contributed by atoms with van der Waals surface area (Å²) in [6.45, 7) is 5.75. The van der Waals surface area contributed by atoms with E-state index in [2.05, 4.69) is 15.7 Å². The quantitative estimate of drug-likeness (QED) is 0.488. The molecule has 3 N–H and O–H groups in total. The van der Waals surface area contributed by atoms with Crippen molar-refractivity contribution in [2.45, 2.75) is 32.6 Å². The van der Waals surface area contributed by atoms with Crippen LogP contribution < -0.4 is 10.6 Å². The topological polar surface area (TPSA) is 96.2 Å². The summed E-state index contributed by atoms with van der Waals surface area (Å²) in [4.78, 5) is 23.5. The lowest BCUT2D eigenvalue weighted by atomic mass is 9.92. The number of carbonyl (C=O) groups excluding carboxylic acids is 1. The van der Waals surface area contributed by atoms with Crippen LogP contribution in [0.4, 0.5) is 29.5 Å². The average Bonchev–Trinajstić information content (AvgIpc) is 3.10. The Labute approximate surface area is 181 Å². The van der Waals surface area contributed by atoms with Gasteiger partial charge in [0, 0.05) is 23.6 Å². The van der Waals surface area contributed by atoms with Crippen LogP contribution >= 0.6 is 0 Å². The molecule has 0 atom stereocenters. The molecule has 10 heteroatoms. The Morgan fingerprint density at radius 2 is 1.69 bits per heavy atom. The van der Waals surface area contributed by atoms with Gasteiger partial charge in [-0.3, -0.25) is 10.1 Å². The maximum Gasteiger partial charge on any atom is 0.324 e. The average molecular weight is 446 g/mol. The molecular weight excluding hydrogens is 425 g/mol. The number of hydrogen-bond donors (Lipinski definition) is 3. The fraction of sp³-hybridized carbons (Fsp3) is 0.227. The molecule has 3 rings (SSSR count). The van der Waals surface area contributed by atoms with Gasteiger partial charge in [0.25, 0.3) is 0 Å². The van der Waals surface area contributed by atoms with Crippen LogP contribution in [-0.2, 0) is 16.6 Å². The predicted molar refractivity (Wildman–Crippen MR) is 113 cm³/mol. The largest absolute Gasteiger partial charge is 0.481 e. The second-order valence-electron chi connectivity index (χ2n) is 8.14. The van der Waals surface area contributed by atoms with Gasteiger partial charge in [-0.25, -0.2) is 22.6 Å². The minimum Gasteiger partial charge on any atom is -0.481 e. The van der Waals surface area contributed by atoms with Gasteiger partial charge in [0.15, 0.2) is 11.6 Å². The third-order valence-corrected chi connectivity index (χ3v) is 4.49. The van der Waals surface area contributed by atoms with Gasteiger partial charge in [-0.2, -0.15) is 5.10 Å². The maximum atomic E-state index is 13.9. The fourth-order valence-electron chi connectivity index (χ4n) is 2.89. The number of aromatic nitrogens is 2. The molecule has 0 saturated carbocycles. The number of halogens is 3. The molecule has 0 bridgehead atoms. The monoisotopic (exact) mass is 446 g/mol. The highest BCUT2D eigenvalue weighted by atomic mass is 19.2. The summed E-state index contributed by atoms with van der Waals surface area (Å²) in [5.74, 6) is -4.60. The summed E-state index contributed by atoms with van der Waals surface area (Å²) in [5.41, 5.74) is 0.723. The second kappa shape index (κ2) is 8.74. The Balaban J connectivity index is 1.94. The van der Waals surface area contributed by atoms with E-state index >= 15 is 0 Å². The minimum absolute atomic E-state index is 0.195. The molecule has 0 saturated heterocycles. The van der Waals surface area contributed by atoms with Crippen molar-refractivity contribution in [2.24, 2.45) is 0 Å². The number of amides is 2. The van der Waals surface area contributed by atoms with Gasteiger partial charge in [-0.1, -0.05) is 32.9 Å². The summed E-state index contributed by atoms with van der Waals surface area (Å²) in [5, 5.41) is 18.2. The molecule has 0 aliphatic carbocycles. The Morgan fingerprint density at radius 3 is 2.34 bits per heavy atom. The highest BCUT2D eigenvalue weighted by Gasteiger charge is 2.22. The molecule has 2 amide bonds. The lowest BCUT2D eigenvalue weighted by Crippen LogP contribution is -2.22. The fourth-order valence-corrected chi connectivity index (χ4v) is 2.89. The molecule has 1 aromatic heterocycles. The summed E-state index contributed by atoms with van der Waals surface area (Å²) in [7, 11) is 0. The van der Waals surface area contributed by atoms with E-state index in [4.69, 9.17) is 5.11 Å². The van der Waals surface area contributed by atoms with Crippen LogP contribution in [0.1, 0.15) is 32.0 Å². The van der Waals surface area contributed by atoms with Gasteiger partial charge in [0.05, 0.1) is 23.5 Å². The van der Waals surface area contributed by atoms with Crippen molar-refractivity contribution in [3.8, 4) is 5.69 Å². The molecule has 0 unspecified atom stereocenters. The van der Waals surface area contributed by atoms with E-state index in [-0.39, 0.29) is 17.7 Å². The number of nitrogens with one attached hydrogen (secondary N) is 2. The number of benzene rings is 2. The molecule has 0 aliphatic rings. The number of nitrogens with zero attached hydrogens (tertiary/aromatic N) is 2. The second-order valence-corrected chi connectivity index (χ2v) is 8.14. The van der Waals surface area contributed by atoms with Crippen LogP contribution in [0.3, 0.4) is 0 Å². The standard InChI is InChI=1S/C22H21F3N4O3/c1-22(2,3)18-11-19(27-21(32)26-17-10-15(24)14(23)9-16(17)25)29(28-18)13-6-4-5-12(7-13)8-20(30)31/h4-7,9-11H,8H2,1-3H3,(H,30,31)(H2,26,27,32). The van der Waals surface area contributed by atoms with E-state index in [1.165, 1.54) is 4.68 Å². The molecule has 32 heavy (non-hydrogen) atoms. The van der Waals surface area contributed by atoms with E-state index in [1.807, 2.05) is 20.8 Å². The number of anilines is 2. The van der Waals surface area contributed by atoms with E-state index in [0.717, 1.165) is 0 Å². The highest BCUT2D eigenvalue weighted by Crippen LogP contribution is 2.27. The number of hydrogen-bond acceptors (Lipinski definition) is 3. The summed E-state index contributed by atoms with van der Waals surface area (Å²) >= 11 is 0. The number of carboxylic acids is 1. The Morgan fingerprint density at radius 1 is 1.00 bits per heavy atom. The number of rotatable bonds is 5. The first-order valence-corrected chi connectivity index (χ1v) is 9.58. The number of carboxylic acid groups (broad SMARTS) is 1. The molecule has 168 valence electrons. The van der Waals surface area contributed by atoms with Crippen LogP contribution in [0, 0.1) is 17.5 Å². The third kappa shape index (κ3) is 5.26. The number of urea groups is 1. The van der Waals surface area contributed by atoms with Crippen LogP contribution in [0.25, 0.3) is 5.69 Å². The van der Waals surface area contributed by atoms with Gasteiger partial charge in [0.1, 0.15) is 11.6 Å². The Kier molecular flexibility index (Phi) is 6.24. The summed E-state index contributed by atoms with van der Waals surface area (Å²) < 4.78 is 41.8. The Hall–Kier alpha value is -3.82. The zero-order valence-corrected chi connectivity index (χ0v) is 17.5. The van der Waals surface area contributed by atoms with Gasteiger partial charge >= 0.3 is 12.0 Å². The first-order valence-electron chi connectivity index (χ1n) is 9.58. The molecular formula is C22H21F3N4O3. The third-order valence-electron chi connectivity index (χ3n) is 4.49. The molecule has 0 aliphatic heterocycles. The van der Waals surface area contributed by atoms with E-state index in [0.29, 0.717) is 29.1 Å². The maximum absolute atomic E-state index is 13.9. The lowest BCUT2D eigenvalue weighted by molar-refractivity contribution is -0.136. The summed E-state index contributed by atoms with van der Waals surface area (Å²) in [6, 6.07) is 8.19. The zero-order chi connectivity index (χ0) is 23.6. The van der Waals surface area contributed by atoms with E-state index in [9.17, 15) is 22.8 Å². The van der Waals surface area contributed by atoms with Crippen LogP contribution in [0.15, 0.2) is 42.5 Å². The van der Waals surface area contributed by atoms with E-state index in [1.54, 1.807) is 30.3 Å². The van der Waals surface area contributed by atoms with Crippen LogP contribution in [-0.4, -0.2) is 26.9 Å². The van der Waals surface area contributed by atoms with Gasteiger partial charge in [0.2, 0.25) is 0 Å². The van der Waals surface area contributed by atoms with Crippen molar-refractivity contribution in [3.63, 3.8) is 0 Å². The predicted octanol–water partition coefficient (Wildman–Crippen LogP) is 4.86. The van der Waals surface area contributed by atoms with Crippen LogP contribution in [0.5, 0.6) is 0 Å². The number of carbonyl (C=O) groups is 2. The van der Waals surface area contributed by atoms with E-state index < -0.39 is 35.1 Å². The zero-order valence-electron chi connectivity index (χ0n) is 17.5. The smallest absolute Gasteiger partial charge is 0.324 e. The SMILES string of the molecule is CC(C)(C)c1cc(NC(=O)Nc2cc(F)c(F)cc2F)n(-c2cccc(CC(=O)O)c2)n1. The van der Waals surface area contributed by atoms with Gasteiger partial charge in [-0.05, 0) is 17.7 Å². The lowest BCUT2D eigenvalue weighted by Gasteiger charge is -2.14. The molecule has 0 radical (unpaired) electrons. The van der Waals surface area contributed by atoms with Crippen LogP contribution in [0.2, 0.25) is 0 Å². The Bertz CT molecular complexity index is 1190. The van der Waals surface area contributed by atoms with Gasteiger partial charge < -0.3 is 10.4 Å². The molecule has 7 nitrogen and oxygen atoms in total. The first-order chi connectivity index (χ1) is 14.9. The van der Waals surface area contributed by atoms with Crippen molar-refractivity contribution in [3.05, 3.63) is 71.2 Å². The van der Waals surface area contributed by atoms with Gasteiger partial charge in [-0.15, -0.1) is 0 Å². The van der Waals surface area contributed by atoms with Crippen molar-refractivity contribution < 1.29 is 27.9 Å². The van der Waals surface area contributed by atoms with Crippen molar-refractivity contribution in [1.29, 1.82) is 0 Å². The summed E-state index contributed by atoms with van der Waals surface area (Å²) in [6.07, 6.45) is -0.195. The van der Waals surface area contributed by atoms with Crippen molar-refractivity contribution in [1.82, 2.24) is 9.78 Å². The molecule has 0 fully saturated rings. The van der Waals surface area contributed by atoms with Crippen molar-refractivity contribution in [2.75, 3.05) is 10.6 Å². The molecule has 1 heterocycles. The molecule has 0 spiro atoms. The van der Waals surface area contributed by atoms with Crippen molar-refractivity contribution >= 4 is 23.5 Å². The highest BCUT2D eigenvalue weighted by molar-refractivity contribution is 5.99. The number of aliphatic carboxylic acids is 1. The normalized spacial score (nSPS) is 11.3. The minimum atomic E-state index is -1.37.